The third-order valence-electron chi connectivity index (χ3n) is 6.80. The van der Waals surface area contributed by atoms with E-state index in [4.69, 9.17) is 9.47 Å². The first-order valence-electron chi connectivity index (χ1n) is 13.4. The molecule has 1 fully saturated rings. The molecule has 218 valence electrons. The van der Waals surface area contributed by atoms with E-state index >= 15 is 0 Å². The maximum atomic E-state index is 13.0. The number of hydrogen-bond acceptors (Lipinski definition) is 5. The number of anilines is 1. The van der Waals surface area contributed by atoms with Gasteiger partial charge in [-0.25, -0.2) is 4.68 Å². The molecule has 4 aromatic rings. The van der Waals surface area contributed by atoms with Crippen LogP contribution in [0.5, 0.6) is 5.75 Å². The zero-order chi connectivity index (χ0) is 29.7. The van der Waals surface area contributed by atoms with Crippen molar-refractivity contribution in [2.75, 3.05) is 11.9 Å². The Morgan fingerprint density at radius 1 is 1.02 bits per heavy atom. The van der Waals surface area contributed by atoms with Crippen LogP contribution in [0.4, 0.5) is 19.0 Å². The van der Waals surface area contributed by atoms with Crippen molar-refractivity contribution < 1.29 is 32.2 Å². The van der Waals surface area contributed by atoms with Gasteiger partial charge in [-0.2, -0.15) is 13.2 Å². The number of carbonyl (C=O) groups excluding carboxylic acids is 2. The molecule has 1 saturated heterocycles. The lowest BCUT2D eigenvalue weighted by Crippen LogP contribution is -2.28. The molecule has 3 aromatic carbocycles. The van der Waals surface area contributed by atoms with E-state index in [1.807, 2.05) is 54.6 Å². The minimum Gasteiger partial charge on any atom is -0.489 e. The van der Waals surface area contributed by atoms with Gasteiger partial charge in [-0.3, -0.25) is 9.59 Å². The molecule has 2 N–H and O–H groups in total. The van der Waals surface area contributed by atoms with Gasteiger partial charge in [0.15, 0.2) is 11.9 Å². The van der Waals surface area contributed by atoms with Crippen LogP contribution < -0.4 is 15.4 Å². The van der Waals surface area contributed by atoms with Gasteiger partial charge in [-0.1, -0.05) is 54.6 Å². The first kappa shape index (κ1) is 28.9. The Hall–Kier alpha value is -4.64. The fraction of sp³-hybridized carbons (Fsp3) is 0.258. The van der Waals surface area contributed by atoms with Crippen molar-refractivity contribution in [3.63, 3.8) is 0 Å². The Bertz CT molecular complexity index is 1560. The van der Waals surface area contributed by atoms with Crippen LogP contribution in [0.1, 0.15) is 24.5 Å². The Morgan fingerprint density at radius 3 is 2.52 bits per heavy atom. The fourth-order valence-corrected chi connectivity index (χ4v) is 4.45. The van der Waals surface area contributed by atoms with Crippen molar-refractivity contribution in [1.29, 1.82) is 0 Å². The number of rotatable bonds is 10. The molecular formula is C31H29F3N4O4. The molecule has 2 heterocycles. The predicted octanol–water partition coefficient (Wildman–Crippen LogP) is 5.66. The Balaban J connectivity index is 1.44. The molecular weight excluding hydrogens is 549 g/mol. The second kappa shape index (κ2) is 12.5. The zero-order valence-electron chi connectivity index (χ0n) is 22.7. The number of carbonyl (C=O) groups is 2. The molecule has 5 rings (SSSR count). The molecule has 2 amide bonds. The minimum absolute atomic E-state index is 0.0958. The summed E-state index contributed by atoms with van der Waals surface area (Å²) < 4.78 is 51.5. The van der Waals surface area contributed by atoms with Crippen LogP contribution in [0.2, 0.25) is 0 Å². The van der Waals surface area contributed by atoms with Crippen LogP contribution in [-0.4, -0.2) is 40.4 Å². The number of alkyl halides is 3. The summed E-state index contributed by atoms with van der Waals surface area (Å²) in [6.07, 6.45) is -6.28. The number of nitrogens with one attached hydrogen (secondary N) is 2. The molecule has 42 heavy (non-hydrogen) atoms. The van der Waals surface area contributed by atoms with E-state index in [2.05, 4.69) is 15.7 Å². The van der Waals surface area contributed by atoms with Crippen LogP contribution in [0.25, 0.3) is 16.9 Å². The summed E-state index contributed by atoms with van der Waals surface area (Å²) in [7, 11) is 0. The summed E-state index contributed by atoms with van der Waals surface area (Å²) in [6.45, 7) is 1.34. The van der Waals surface area contributed by atoms with Crippen molar-refractivity contribution in [2.24, 2.45) is 5.92 Å². The average Bonchev–Trinajstić information content (AvgIpc) is 3.61. The number of ether oxygens (including phenoxy) is 2. The summed E-state index contributed by atoms with van der Waals surface area (Å²) in [5, 5.41) is 10.1. The number of hydrogen-bond donors (Lipinski definition) is 2. The quantitative estimate of drug-likeness (QED) is 0.253. The fourth-order valence-electron chi connectivity index (χ4n) is 4.45. The molecule has 0 saturated carbocycles. The lowest BCUT2D eigenvalue weighted by atomic mass is 10.1. The third-order valence-corrected chi connectivity index (χ3v) is 6.80. The van der Waals surface area contributed by atoms with Crippen molar-refractivity contribution in [3.8, 4) is 22.7 Å². The Labute approximate surface area is 240 Å². The molecule has 0 bridgehead atoms. The van der Waals surface area contributed by atoms with Gasteiger partial charge in [0.05, 0.1) is 23.9 Å². The Kier molecular flexibility index (Phi) is 8.58. The van der Waals surface area contributed by atoms with Crippen LogP contribution in [0.15, 0.2) is 84.9 Å². The normalized spacial score (nSPS) is 15.7. The highest BCUT2D eigenvalue weighted by Gasteiger charge is 2.36. The van der Waals surface area contributed by atoms with Gasteiger partial charge in [0.2, 0.25) is 11.8 Å². The summed E-state index contributed by atoms with van der Waals surface area (Å²) in [5.74, 6) is -0.184. The highest BCUT2D eigenvalue weighted by Crippen LogP contribution is 2.30. The summed E-state index contributed by atoms with van der Waals surface area (Å²) in [4.78, 5) is 24.4. The smallest absolute Gasteiger partial charge is 0.414 e. The second-order valence-electron chi connectivity index (χ2n) is 9.99. The topological polar surface area (TPSA) is 94.5 Å². The first-order valence-corrected chi connectivity index (χ1v) is 13.4. The first-order chi connectivity index (χ1) is 20.2. The number of aromatic nitrogens is 2. The molecule has 2 atom stereocenters. The Morgan fingerprint density at radius 2 is 1.79 bits per heavy atom. The molecule has 0 radical (unpaired) electrons. The maximum absolute atomic E-state index is 13.0. The van der Waals surface area contributed by atoms with Crippen LogP contribution in [0.3, 0.4) is 0 Å². The van der Waals surface area contributed by atoms with Gasteiger partial charge in [0, 0.05) is 30.7 Å². The van der Waals surface area contributed by atoms with Crippen molar-refractivity contribution in [1.82, 2.24) is 15.1 Å². The van der Waals surface area contributed by atoms with Crippen LogP contribution in [0, 0.1) is 5.92 Å². The van der Waals surface area contributed by atoms with Crippen LogP contribution >= 0.6 is 0 Å². The van der Waals surface area contributed by atoms with E-state index in [1.54, 1.807) is 35.0 Å². The van der Waals surface area contributed by atoms with E-state index in [-0.39, 0.29) is 37.2 Å². The van der Waals surface area contributed by atoms with Gasteiger partial charge in [0.25, 0.3) is 0 Å². The molecule has 0 unspecified atom stereocenters. The highest BCUT2D eigenvalue weighted by atomic mass is 19.4. The number of benzene rings is 3. The lowest BCUT2D eigenvalue weighted by molar-refractivity contribution is -0.217. The molecule has 1 aromatic heterocycles. The van der Waals surface area contributed by atoms with E-state index < -0.39 is 18.2 Å². The van der Waals surface area contributed by atoms with Crippen molar-refractivity contribution >= 4 is 17.6 Å². The number of amides is 2. The highest BCUT2D eigenvalue weighted by molar-refractivity contribution is 5.97. The van der Waals surface area contributed by atoms with Gasteiger partial charge >= 0.3 is 6.18 Å². The standard InChI is InChI=1S/C31H29F3N4O4/c1-20(31(32,33)34)41-19-22-9-5-10-23(13-22)27-16-28(36-30(40)24-14-29(39)35-17-24)37-38(27)25-11-6-12-26(15-25)42-18-21-7-3-2-4-8-21/h2-13,15-16,20,24H,14,17-19H2,1H3,(H,35,39)(H,36,37,40)/t20-,24+/m1/s1. The van der Waals surface area contributed by atoms with Gasteiger partial charge in [0.1, 0.15) is 12.4 Å². The predicted molar refractivity (Wildman–Crippen MR) is 150 cm³/mol. The summed E-state index contributed by atoms with van der Waals surface area (Å²) in [5.41, 5.74) is 3.42. The SMILES string of the molecule is C[C@@H](OCc1cccc(-c2cc(NC(=O)[C@@H]3CNC(=O)C3)nn2-c2cccc(OCc3ccccc3)c2)c1)C(F)(F)F. The minimum atomic E-state index is -4.46. The van der Waals surface area contributed by atoms with E-state index in [1.165, 1.54) is 0 Å². The monoisotopic (exact) mass is 578 g/mol. The van der Waals surface area contributed by atoms with Crippen molar-refractivity contribution in [2.45, 2.75) is 38.8 Å². The maximum Gasteiger partial charge on any atom is 0.414 e. The number of halogens is 3. The van der Waals surface area contributed by atoms with E-state index in [0.29, 0.717) is 34.9 Å². The molecule has 11 heteroatoms. The summed E-state index contributed by atoms with van der Waals surface area (Å²) in [6, 6.07) is 25.6. The third kappa shape index (κ3) is 7.16. The van der Waals surface area contributed by atoms with E-state index in [9.17, 15) is 22.8 Å². The zero-order valence-corrected chi connectivity index (χ0v) is 22.7. The van der Waals surface area contributed by atoms with Crippen LogP contribution in [-0.2, 0) is 27.5 Å². The second-order valence-corrected chi connectivity index (χ2v) is 9.99. The van der Waals surface area contributed by atoms with Crippen molar-refractivity contribution in [3.05, 3.63) is 96.1 Å². The van der Waals surface area contributed by atoms with E-state index in [0.717, 1.165) is 12.5 Å². The molecule has 1 aliphatic rings. The molecule has 0 spiro atoms. The summed E-state index contributed by atoms with van der Waals surface area (Å²) >= 11 is 0. The largest absolute Gasteiger partial charge is 0.489 e. The van der Waals surface area contributed by atoms with Gasteiger partial charge in [-0.15, -0.1) is 5.10 Å². The molecule has 0 aliphatic carbocycles. The van der Waals surface area contributed by atoms with Gasteiger partial charge in [-0.05, 0) is 36.2 Å². The number of nitrogens with zero attached hydrogens (tertiary/aromatic N) is 2. The average molecular weight is 579 g/mol. The lowest BCUT2D eigenvalue weighted by Gasteiger charge is -2.16. The molecule has 1 aliphatic heterocycles. The molecule has 8 nitrogen and oxygen atoms in total. The van der Waals surface area contributed by atoms with Gasteiger partial charge < -0.3 is 20.1 Å².